The van der Waals surface area contributed by atoms with Crippen molar-refractivity contribution in [2.45, 2.75) is 0 Å². The molecule has 0 aliphatic heterocycles. The zero-order valence-electron chi connectivity index (χ0n) is 11.1. The van der Waals surface area contributed by atoms with Crippen LogP contribution in [0, 0.1) is 0 Å². The molecule has 0 spiro atoms. The largest absolute Gasteiger partial charge is 0.324 e. The molecule has 3 aromatic rings. The smallest absolute Gasteiger partial charge is 0.269 e. The fraction of sp³-hybridized carbons (Fsp3) is 0. The van der Waals surface area contributed by atoms with E-state index in [2.05, 4.69) is 20.8 Å². The fourth-order valence-electron chi connectivity index (χ4n) is 1.86. The second kappa shape index (κ2) is 5.87. The van der Waals surface area contributed by atoms with Crippen molar-refractivity contribution in [1.29, 1.82) is 0 Å². The first kappa shape index (κ1) is 12.9. The number of amides is 1. The molecule has 2 aromatic heterocycles. The molecule has 104 valence electrons. The molecule has 0 fully saturated rings. The Bertz CT molecular complexity index is 725. The number of hydrogen-bond acceptors (Lipinski definition) is 4. The number of nitrogens with one attached hydrogen (secondary N) is 2. The van der Waals surface area contributed by atoms with E-state index in [1.54, 1.807) is 24.5 Å². The van der Waals surface area contributed by atoms with Crippen molar-refractivity contribution in [3.63, 3.8) is 0 Å². The molecule has 0 bridgehead atoms. The van der Waals surface area contributed by atoms with Gasteiger partial charge in [0.05, 0.1) is 0 Å². The maximum absolute atomic E-state index is 12.1. The molecule has 6 nitrogen and oxygen atoms in total. The van der Waals surface area contributed by atoms with Crippen molar-refractivity contribution in [3.05, 3.63) is 72.8 Å². The quantitative estimate of drug-likeness (QED) is 0.717. The molecule has 3 rings (SSSR count). The van der Waals surface area contributed by atoms with Gasteiger partial charge in [0, 0.05) is 36.0 Å². The van der Waals surface area contributed by atoms with E-state index in [4.69, 9.17) is 0 Å². The van der Waals surface area contributed by atoms with Crippen LogP contribution in [0.2, 0.25) is 0 Å². The van der Waals surface area contributed by atoms with Crippen LogP contribution in [0.15, 0.2) is 67.3 Å². The molecule has 0 radical (unpaired) electrons. The van der Waals surface area contributed by atoms with Crippen LogP contribution in [0.1, 0.15) is 10.4 Å². The zero-order chi connectivity index (χ0) is 14.5. The minimum absolute atomic E-state index is 0.253. The maximum Gasteiger partial charge on any atom is 0.269 e. The van der Waals surface area contributed by atoms with Crippen LogP contribution < -0.4 is 10.9 Å². The standard InChI is InChI=1S/C15H13N5O/c21-14(18-19-15-16-7-4-8-17-15)12-5-3-6-13(11-12)20-9-1-2-10-20/h1-11H,(H,18,21)(H,16,17,19). The second-order valence-corrected chi connectivity index (χ2v) is 4.29. The van der Waals surface area contributed by atoms with Gasteiger partial charge in [-0.15, -0.1) is 0 Å². The number of aromatic nitrogens is 3. The summed E-state index contributed by atoms with van der Waals surface area (Å²) >= 11 is 0. The number of benzene rings is 1. The Hall–Kier alpha value is -3.15. The lowest BCUT2D eigenvalue weighted by Gasteiger charge is -2.08. The zero-order valence-corrected chi connectivity index (χ0v) is 11.1. The van der Waals surface area contributed by atoms with Crippen LogP contribution in [0.5, 0.6) is 0 Å². The van der Waals surface area contributed by atoms with Crippen molar-refractivity contribution in [2.75, 3.05) is 5.43 Å². The van der Waals surface area contributed by atoms with E-state index in [-0.39, 0.29) is 5.91 Å². The molecular weight excluding hydrogens is 266 g/mol. The van der Waals surface area contributed by atoms with E-state index in [1.165, 1.54) is 0 Å². The van der Waals surface area contributed by atoms with Crippen molar-refractivity contribution in [3.8, 4) is 5.69 Å². The molecule has 0 saturated heterocycles. The fourth-order valence-corrected chi connectivity index (χ4v) is 1.86. The topological polar surface area (TPSA) is 71.8 Å². The molecule has 2 N–H and O–H groups in total. The number of carbonyl (C=O) groups excluding carboxylic acids is 1. The van der Waals surface area contributed by atoms with Gasteiger partial charge in [0.25, 0.3) is 5.91 Å². The number of nitrogens with zero attached hydrogens (tertiary/aromatic N) is 3. The maximum atomic E-state index is 12.1. The SMILES string of the molecule is O=C(NNc1ncccn1)c1cccc(-n2cccc2)c1. The second-order valence-electron chi connectivity index (χ2n) is 4.29. The molecule has 1 aromatic carbocycles. The van der Waals surface area contributed by atoms with Crippen molar-refractivity contribution in [2.24, 2.45) is 0 Å². The molecule has 21 heavy (non-hydrogen) atoms. The molecule has 0 saturated carbocycles. The first-order valence-electron chi connectivity index (χ1n) is 6.40. The predicted octanol–water partition coefficient (Wildman–Crippen LogP) is 2.02. The summed E-state index contributed by atoms with van der Waals surface area (Å²) in [6.45, 7) is 0. The first-order chi connectivity index (χ1) is 10.3. The summed E-state index contributed by atoms with van der Waals surface area (Å²) in [4.78, 5) is 20.0. The highest BCUT2D eigenvalue weighted by Gasteiger charge is 2.06. The molecule has 1 amide bonds. The Labute approximate surface area is 121 Å². The average molecular weight is 279 g/mol. The van der Waals surface area contributed by atoms with Gasteiger partial charge in [-0.2, -0.15) is 0 Å². The van der Waals surface area contributed by atoms with Crippen LogP contribution in [0.25, 0.3) is 5.69 Å². The molecule has 0 atom stereocenters. The minimum atomic E-state index is -0.253. The lowest BCUT2D eigenvalue weighted by atomic mass is 10.2. The van der Waals surface area contributed by atoms with E-state index in [1.807, 2.05) is 47.3 Å². The normalized spacial score (nSPS) is 10.1. The average Bonchev–Trinajstić information content (AvgIpc) is 3.08. The molecular formula is C15H13N5O. The third kappa shape index (κ3) is 3.06. The Balaban J connectivity index is 1.72. The third-order valence-electron chi connectivity index (χ3n) is 2.86. The van der Waals surface area contributed by atoms with Gasteiger partial charge in [0.15, 0.2) is 0 Å². The van der Waals surface area contributed by atoms with Gasteiger partial charge in [-0.3, -0.25) is 15.6 Å². The Morgan fingerprint density at radius 2 is 1.76 bits per heavy atom. The van der Waals surface area contributed by atoms with Crippen LogP contribution in [0.3, 0.4) is 0 Å². The summed E-state index contributed by atoms with van der Waals surface area (Å²) in [5.41, 5.74) is 6.70. The summed E-state index contributed by atoms with van der Waals surface area (Å²) in [5.74, 6) is 0.0869. The highest BCUT2D eigenvalue weighted by molar-refractivity contribution is 5.95. The summed E-state index contributed by atoms with van der Waals surface area (Å²) in [6.07, 6.45) is 7.03. The molecule has 0 unspecified atom stereocenters. The highest BCUT2D eigenvalue weighted by atomic mass is 16.2. The number of hydrazine groups is 1. The van der Waals surface area contributed by atoms with Crippen LogP contribution in [-0.4, -0.2) is 20.4 Å². The monoisotopic (exact) mass is 279 g/mol. The van der Waals surface area contributed by atoms with Gasteiger partial charge >= 0.3 is 0 Å². The van der Waals surface area contributed by atoms with E-state index < -0.39 is 0 Å². The first-order valence-corrected chi connectivity index (χ1v) is 6.40. The predicted molar refractivity (Wildman–Crippen MR) is 78.9 cm³/mol. The van der Waals surface area contributed by atoms with Crippen molar-refractivity contribution in [1.82, 2.24) is 20.0 Å². The molecule has 0 aliphatic rings. The van der Waals surface area contributed by atoms with Crippen molar-refractivity contribution < 1.29 is 4.79 Å². The highest BCUT2D eigenvalue weighted by Crippen LogP contribution is 2.11. The lowest BCUT2D eigenvalue weighted by molar-refractivity contribution is 0.0962. The van der Waals surface area contributed by atoms with Gasteiger partial charge in [-0.25, -0.2) is 9.97 Å². The van der Waals surface area contributed by atoms with Gasteiger partial charge in [-0.1, -0.05) is 6.07 Å². The summed E-state index contributed by atoms with van der Waals surface area (Å²) in [5, 5.41) is 0. The number of anilines is 1. The van der Waals surface area contributed by atoms with Gasteiger partial charge in [0.1, 0.15) is 0 Å². The Kier molecular flexibility index (Phi) is 3.60. The van der Waals surface area contributed by atoms with Crippen LogP contribution in [-0.2, 0) is 0 Å². The Morgan fingerprint density at radius 3 is 2.52 bits per heavy atom. The van der Waals surface area contributed by atoms with Gasteiger partial charge < -0.3 is 4.57 Å². The summed E-state index contributed by atoms with van der Waals surface area (Å²) in [6, 6.07) is 12.9. The number of rotatable bonds is 4. The van der Waals surface area contributed by atoms with Crippen LogP contribution >= 0.6 is 0 Å². The van der Waals surface area contributed by atoms with E-state index >= 15 is 0 Å². The van der Waals surface area contributed by atoms with Gasteiger partial charge in [-0.05, 0) is 36.4 Å². The minimum Gasteiger partial charge on any atom is -0.324 e. The summed E-state index contributed by atoms with van der Waals surface area (Å²) < 4.78 is 1.94. The van der Waals surface area contributed by atoms with Crippen molar-refractivity contribution >= 4 is 11.9 Å². The van der Waals surface area contributed by atoms with E-state index in [9.17, 15) is 4.79 Å². The number of carbonyl (C=O) groups is 1. The van der Waals surface area contributed by atoms with E-state index in [0.29, 0.717) is 11.5 Å². The molecule has 2 heterocycles. The lowest BCUT2D eigenvalue weighted by Crippen LogP contribution is -2.30. The number of hydrogen-bond donors (Lipinski definition) is 2. The van der Waals surface area contributed by atoms with E-state index in [0.717, 1.165) is 5.69 Å². The molecule has 0 aliphatic carbocycles. The van der Waals surface area contributed by atoms with Crippen LogP contribution in [0.4, 0.5) is 5.95 Å². The molecule has 6 heteroatoms. The summed E-state index contributed by atoms with van der Waals surface area (Å²) in [7, 11) is 0. The Morgan fingerprint density at radius 1 is 1.00 bits per heavy atom. The third-order valence-corrected chi connectivity index (χ3v) is 2.86. The van der Waals surface area contributed by atoms with Gasteiger partial charge in [0.2, 0.25) is 5.95 Å².